The summed E-state index contributed by atoms with van der Waals surface area (Å²) in [6, 6.07) is 11.9. The van der Waals surface area contributed by atoms with Gasteiger partial charge in [-0.05, 0) is 43.2 Å². The minimum absolute atomic E-state index is 0.114. The molecule has 1 aromatic carbocycles. The lowest BCUT2D eigenvalue weighted by Gasteiger charge is -2.03. The van der Waals surface area contributed by atoms with Crippen LogP contribution in [0, 0.1) is 0 Å². The maximum Gasteiger partial charge on any atom is 0.159 e. The SMILES string of the molecule is CC(=O)c1ccc(SCCc2ccncc2)cc1. The summed E-state index contributed by atoms with van der Waals surface area (Å²) in [4.78, 5) is 16.3. The minimum Gasteiger partial charge on any atom is -0.295 e. The van der Waals surface area contributed by atoms with Crippen LogP contribution in [0.2, 0.25) is 0 Å². The van der Waals surface area contributed by atoms with E-state index in [0.29, 0.717) is 0 Å². The molecule has 3 heteroatoms. The van der Waals surface area contributed by atoms with Gasteiger partial charge in [0.1, 0.15) is 0 Å². The summed E-state index contributed by atoms with van der Waals surface area (Å²) in [5.41, 5.74) is 2.08. The maximum absolute atomic E-state index is 11.1. The molecule has 92 valence electrons. The molecule has 0 aliphatic carbocycles. The predicted molar refractivity (Wildman–Crippen MR) is 75.1 cm³/mol. The van der Waals surface area contributed by atoms with Gasteiger partial charge in [0.2, 0.25) is 0 Å². The van der Waals surface area contributed by atoms with Crippen molar-refractivity contribution in [3.63, 3.8) is 0 Å². The third-order valence-corrected chi connectivity index (χ3v) is 3.68. The molecule has 0 fully saturated rings. The highest BCUT2D eigenvalue weighted by molar-refractivity contribution is 7.99. The number of benzene rings is 1. The summed E-state index contributed by atoms with van der Waals surface area (Å²) in [7, 11) is 0. The van der Waals surface area contributed by atoms with Crippen molar-refractivity contribution in [1.82, 2.24) is 4.98 Å². The van der Waals surface area contributed by atoms with Gasteiger partial charge < -0.3 is 0 Å². The zero-order valence-electron chi connectivity index (χ0n) is 10.3. The maximum atomic E-state index is 11.1. The van der Waals surface area contributed by atoms with E-state index in [4.69, 9.17) is 0 Å². The monoisotopic (exact) mass is 257 g/mol. The van der Waals surface area contributed by atoms with Crippen LogP contribution in [0.3, 0.4) is 0 Å². The topological polar surface area (TPSA) is 30.0 Å². The van der Waals surface area contributed by atoms with Crippen LogP contribution in [-0.2, 0) is 6.42 Å². The number of aromatic nitrogens is 1. The van der Waals surface area contributed by atoms with Gasteiger partial charge in [0.15, 0.2) is 5.78 Å². The molecule has 2 rings (SSSR count). The summed E-state index contributed by atoms with van der Waals surface area (Å²) in [5.74, 6) is 1.15. The fourth-order valence-electron chi connectivity index (χ4n) is 1.62. The second-order valence-corrected chi connectivity index (χ2v) is 5.20. The molecule has 0 unspecified atom stereocenters. The van der Waals surface area contributed by atoms with Crippen LogP contribution in [0.15, 0.2) is 53.7 Å². The number of hydrogen-bond acceptors (Lipinski definition) is 3. The van der Waals surface area contributed by atoms with Gasteiger partial charge in [-0.2, -0.15) is 0 Å². The molecule has 0 spiro atoms. The van der Waals surface area contributed by atoms with E-state index in [1.54, 1.807) is 18.7 Å². The molecule has 18 heavy (non-hydrogen) atoms. The second kappa shape index (κ2) is 6.36. The number of nitrogens with zero attached hydrogens (tertiary/aromatic N) is 1. The van der Waals surface area contributed by atoms with Crippen LogP contribution in [0.5, 0.6) is 0 Å². The molecule has 0 atom stereocenters. The number of aryl methyl sites for hydroxylation is 1. The number of carbonyl (C=O) groups excluding carboxylic acids is 1. The molecule has 2 nitrogen and oxygen atoms in total. The number of thioether (sulfide) groups is 1. The quantitative estimate of drug-likeness (QED) is 0.605. The largest absolute Gasteiger partial charge is 0.295 e. The molecule has 1 heterocycles. The molecule has 0 N–H and O–H groups in total. The molecular formula is C15H15NOS. The third-order valence-electron chi connectivity index (χ3n) is 2.67. The van der Waals surface area contributed by atoms with Crippen molar-refractivity contribution < 1.29 is 4.79 Å². The van der Waals surface area contributed by atoms with Gasteiger partial charge in [0, 0.05) is 28.6 Å². The first-order valence-electron chi connectivity index (χ1n) is 5.88. The van der Waals surface area contributed by atoms with Crippen molar-refractivity contribution in [3.05, 3.63) is 59.9 Å². The van der Waals surface area contributed by atoms with Crippen LogP contribution >= 0.6 is 11.8 Å². The Kier molecular flexibility index (Phi) is 4.53. The highest BCUT2D eigenvalue weighted by Crippen LogP contribution is 2.19. The van der Waals surface area contributed by atoms with Gasteiger partial charge in [-0.3, -0.25) is 9.78 Å². The summed E-state index contributed by atoms with van der Waals surface area (Å²) in [5, 5.41) is 0. The Balaban J connectivity index is 1.85. The highest BCUT2D eigenvalue weighted by atomic mass is 32.2. The van der Waals surface area contributed by atoms with Crippen LogP contribution in [0.25, 0.3) is 0 Å². The first-order valence-corrected chi connectivity index (χ1v) is 6.87. The molecule has 1 aromatic heterocycles. The Morgan fingerprint density at radius 1 is 1.11 bits per heavy atom. The van der Waals surface area contributed by atoms with E-state index in [9.17, 15) is 4.79 Å². The van der Waals surface area contributed by atoms with E-state index in [0.717, 1.165) is 17.7 Å². The lowest BCUT2D eigenvalue weighted by atomic mass is 10.2. The number of ketones is 1. The van der Waals surface area contributed by atoms with Crippen LogP contribution < -0.4 is 0 Å². The number of carbonyl (C=O) groups is 1. The Bertz CT molecular complexity index is 508. The van der Waals surface area contributed by atoms with Crippen molar-refractivity contribution in [2.24, 2.45) is 0 Å². The van der Waals surface area contributed by atoms with E-state index in [1.165, 1.54) is 10.5 Å². The Labute approximate surface area is 111 Å². The number of hydrogen-bond donors (Lipinski definition) is 0. The van der Waals surface area contributed by atoms with Crippen LogP contribution in [-0.4, -0.2) is 16.5 Å². The van der Waals surface area contributed by atoms with Gasteiger partial charge in [-0.15, -0.1) is 11.8 Å². The molecule has 0 saturated heterocycles. The average molecular weight is 257 g/mol. The number of rotatable bonds is 5. The van der Waals surface area contributed by atoms with Gasteiger partial charge in [-0.25, -0.2) is 0 Å². The lowest BCUT2D eigenvalue weighted by molar-refractivity contribution is 0.101. The van der Waals surface area contributed by atoms with Crippen molar-refractivity contribution in [3.8, 4) is 0 Å². The number of pyridine rings is 1. The van der Waals surface area contributed by atoms with E-state index < -0.39 is 0 Å². The third kappa shape index (κ3) is 3.70. The Hall–Kier alpha value is -1.61. The first-order chi connectivity index (χ1) is 8.75. The summed E-state index contributed by atoms with van der Waals surface area (Å²) < 4.78 is 0. The summed E-state index contributed by atoms with van der Waals surface area (Å²) in [6.07, 6.45) is 4.67. The fourth-order valence-corrected chi connectivity index (χ4v) is 2.52. The second-order valence-electron chi connectivity index (χ2n) is 4.03. The Morgan fingerprint density at radius 2 is 1.78 bits per heavy atom. The molecule has 2 aromatic rings. The van der Waals surface area contributed by atoms with Crippen LogP contribution in [0.1, 0.15) is 22.8 Å². The summed E-state index contributed by atoms with van der Waals surface area (Å²) in [6.45, 7) is 1.59. The first kappa shape index (κ1) is 12.8. The van der Waals surface area contributed by atoms with Crippen molar-refractivity contribution in [1.29, 1.82) is 0 Å². The molecule has 0 saturated carbocycles. The van der Waals surface area contributed by atoms with Crippen molar-refractivity contribution in [2.75, 3.05) is 5.75 Å². The molecule has 0 radical (unpaired) electrons. The normalized spacial score (nSPS) is 10.3. The van der Waals surface area contributed by atoms with Crippen molar-refractivity contribution in [2.45, 2.75) is 18.2 Å². The van der Waals surface area contributed by atoms with Gasteiger partial charge in [0.25, 0.3) is 0 Å². The van der Waals surface area contributed by atoms with E-state index in [-0.39, 0.29) is 5.78 Å². The highest BCUT2D eigenvalue weighted by Gasteiger charge is 1.99. The number of Topliss-reactive ketones (excluding diaryl/α,β-unsaturated/α-hetero) is 1. The molecule has 0 amide bonds. The van der Waals surface area contributed by atoms with E-state index >= 15 is 0 Å². The zero-order valence-corrected chi connectivity index (χ0v) is 11.1. The fraction of sp³-hybridized carbons (Fsp3) is 0.200. The Morgan fingerprint density at radius 3 is 2.39 bits per heavy atom. The molecule has 0 aliphatic rings. The van der Waals surface area contributed by atoms with Crippen molar-refractivity contribution >= 4 is 17.5 Å². The molecule has 0 aliphatic heterocycles. The predicted octanol–water partition coefficient (Wildman–Crippen LogP) is 3.62. The molecular weight excluding hydrogens is 242 g/mol. The minimum atomic E-state index is 0.114. The standard InChI is InChI=1S/C15H15NOS/c1-12(17)14-2-4-15(5-3-14)18-11-8-13-6-9-16-10-7-13/h2-7,9-10H,8,11H2,1H3. The van der Waals surface area contributed by atoms with E-state index in [1.807, 2.05) is 48.8 Å². The van der Waals surface area contributed by atoms with Gasteiger partial charge in [0.05, 0.1) is 0 Å². The van der Waals surface area contributed by atoms with Gasteiger partial charge >= 0.3 is 0 Å². The lowest BCUT2D eigenvalue weighted by Crippen LogP contribution is -1.91. The van der Waals surface area contributed by atoms with E-state index in [2.05, 4.69) is 4.98 Å². The molecule has 0 bridgehead atoms. The summed E-state index contributed by atoms with van der Waals surface area (Å²) >= 11 is 1.80. The van der Waals surface area contributed by atoms with Gasteiger partial charge in [-0.1, -0.05) is 12.1 Å². The smallest absolute Gasteiger partial charge is 0.159 e. The zero-order chi connectivity index (χ0) is 12.8. The van der Waals surface area contributed by atoms with Crippen LogP contribution in [0.4, 0.5) is 0 Å². The average Bonchev–Trinajstić information content (AvgIpc) is 2.40.